The van der Waals surface area contributed by atoms with Crippen molar-refractivity contribution >= 4 is 5.97 Å². The molecule has 0 amide bonds. The summed E-state index contributed by atoms with van der Waals surface area (Å²) in [6.45, 7) is 3.85. The number of benzene rings is 2. The minimum atomic E-state index is -0.901. The summed E-state index contributed by atoms with van der Waals surface area (Å²) in [6, 6.07) is 10.5. The molecule has 0 atom stereocenters. The molecular weight excluding hydrogens is 240 g/mol. The van der Waals surface area contributed by atoms with Gasteiger partial charge in [0.1, 0.15) is 5.75 Å². The smallest absolute Gasteiger partial charge is 0.335 e. The van der Waals surface area contributed by atoms with Crippen molar-refractivity contribution in [3.05, 3.63) is 64.2 Å². The van der Waals surface area contributed by atoms with Crippen molar-refractivity contribution in [1.82, 2.24) is 0 Å². The van der Waals surface area contributed by atoms with Gasteiger partial charge in [0.25, 0.3) is 0 Å². The number of carboxylic acids is 1. The first-order valence-corrected chi connectivity index (χ1v) is 6.08. The van der Waals surface area contributed by atoms with Gasteiger partial charge in [0, 0.05) is 0 Å². The Hall–Kier alpha value is -2.29. The standard InChI is InChI=1S/C16H16O3/c1-10-7-13(16(18)19)8-11(2)15(10)9-12-3-5-14(17)6-4-12/h3-8,17H,9H2,1-2H3,(H,18,19). The van der Waals surface area contributed by atoms with E-state index in [1.165, 1.54) is 0 Å². The molecule has 0 bridgehead atoms. The van der Waals surface area contributed by atoms with Crippen molar-refractivity contribution in [3.63, 3.8) is 0 Å². The lowest BCUT2D eigenvalue weighted by Gasteiger charge is -2.11. The molecule has 0 aliphatic carbocycles. The molecule has 2 aromatic rings. The number of hydrogen-bond acceptors (Lipinski definition) is 2. The lowest BCUT2D eigenvalue weighted by Crippen LogP contribution is -2.02. The molecule has 0 aliphatic rings. The molecule has 98 valence electrons. The molecule has 0 spiro atoms. The van der Waals surface area contributed by atoms with Gasteiger partial charge in [-0.2, -0.15) is 0 Å². The van der Waals surface area contributed by atoms with E-state index in [4.69, 9.17) is 5.11 Å². The van der Waals surface area contributed by atoms with Crippen molar-refractivity contribution in [3.8, 4) is 5.75 Å². The predicted molar refractivity (Wildman–Crippen MR) is 73.8 cm³/mol. The number of phenols is 1. The summed E-state index contributed by atoms with van der Waals surface area (Å²) >= 11 is 0. The summed E-state index contributed by atoms with van der Waals surface area (Å²) in [5.41, 5.74) is 4.50. The van der Waals surface area contributed by atoms with Gasteiger partial charge in [-0.15, -0.1) is 0 Å². The quantitative estimate of drug-likeness (QED) is 0.885. The number of aryl methyl sites for hydroxylation is 2. The number of phenolic OH excluding ortho intramolecular Hbond substituents is 1. The van der Waals surface area contributed by atoms with Crippen molar-refractivity contribution in [2.45, 2.75) is 20.3 Å². The van der Waals surface area contributed by atoms with Crippen LogP contribution in [-0.2, 0) is 6.42 Å². The van der Waals surface area contributed by atoms with Gasteiger partial charge in [-0.05, 0) is 66.8 Å². The van der Waals surface area contributed by atoms with Crippen LogP contribution in [-0.4, -0.2) is 16.2 Å². The van der Waals surface area contributed by atoms with Crippen LogP contribution in [0.25, 0.3) is 0 Å². The zero-order valence-electron chi connectivity index (χ0n) is 11.0. The molecule has 0 heterocycles. The second-order valence-corrected chi connectivity index (χ2v) is 4.74. The minimum Gasteiger partial charge on any atom is -0.508 e. The van der Waals surface area contributed by atoms with Crippen LogP contribution in [0.4, 0.5) is 0 Å². The number of aromatic hydroxyl groups is 1. The second-order valence-electron chi connectivity index (χ2n) is 4.74. The van der Waals surface area contributed by atoms with Crippen LogP contribution in [0.1, 0.15) is 32.6 Å². The average molecular weight is 256 g/mol. The summed E-state index contributed by atoms with van der Waals surface area (Å²) in [6.07, 6.45) is 0.734. The molecule has 0 saturated carbocycles. The maximum absolute atomic E-state index is 11.0. The molecule has 0 saturated heterocycles. The fourth-order valence-corrected chi connectivity index (χ4v) is 2.21. The van der Waals surface area contributed by atoms with Crippen LogP contribution in [0, 0.1) is 13.8 Å². The highest BCUT2D eigenvalue weighted by atomic mass is 16.4. The number of carbonyl (C=O) groups is 1. The van der Waals surface area contributed by atoms with Gasteiger partial charge in [0.15, 0.2) is 0 Å². The van der Waals surface area contributed by atoms with Crippen LogP contribution in [0.2, 0.25) is 0 Å². The third-order valence-corrected chi connectivity index (χ3v) is 3.26. The Bertz CT molecular complexity index is 589. The Kier molecular flexibility index (Phi) is 3.56. The molecule has 0 unspecified atom stereocenters. The maximum Gasteiger partial charge on any atom is 0.335 e. The van der Waals surface area contributed by atoms with E-state index < -0.39 is 5.97 Å². The van der Waals surface area contributed by atoms with E-state index in [0.717, 1.165) is 28.7 Å². The van der Waals surface area contributed by atoms with Crippen molar-refractivity contribution in [2.24, 2.45) is 0 Å². The third kappa shape index (κ3) is 2.94. The van der Waals surface area contributed by atoms with Crippen LogP contribution in [0.5, 0.6) is 5.75 Å². The summed E-state index contributed by atoms with van der Waals surface area (Å²) < 4.78 is 0. The monoisotopic (exact) mass is 256 g/mol. The Labute approximate surface area is 112 Å². The number of carboxylic acid groups (broad SMARTS) is 1. The molecule has 2 aromatic carbocycles. The first-order chi connectivity index (χ1) is 8.97. The molecule has 3 nitrogen and oxygen atoms in total. The summed E-state index contributed by atoms with van der Waals surface area (Å²) in [4.78, 5) is 11.0. The Morgan fingerprint density at radius 2 is 1.58 bits per heavy atom. The fraction of sp³-hybridized carbons (Fsp3) is 0.188. The zero-order chi connectivity index (χ0) is 14.0. The van der Waals surface area contributed by atoms with Gasteiger partial charge in [-0.1, -0.05) is 12.1 Å². The molecule has 0 radical (unpaired) electrons. The van der Waals surface area contributed by atoms with Gasteiger partial charge < -0.3 is 10.2 Å². The number of hydrogen-bond donors (Lipinski definition) is 2. The summed E-state index contributed by atoms with van der Waals surface area (Å²) in [5.74, 6) is -0.652. The summed E-state index contributed by atoms with van der Waals surface area (Å²) in [5, 5.41) is 18.3. The van der Waals surface area contributed by atoms with Crippen LogP contribution in [0.3, 0.4) is 0 Å². The Morgan fingerprint density at radius 3 is 2.05 bits per heavy atom. The topological polar surface area (TPSA) is 57.5 Å². The van der Waals surface area contributed by atoms with Crippen molar-refractivity contribution < 1.29 is 15.0 Å². The normalized spacial score (nSPS) is 10.4. The molecular formula is C16H16O3. The largest absolute Gasteiger partial charge is 0.508 e. The average Bonchev–Trinajstić information content (AvgIpc) is 2.35. The van der Waals surface area contributed by atoms with Crippen molar-refractivity contribution in [1.29, 1.82) is 0 Å². The van der Waals surface area contributed by atoms with Crippen LogP contribution >= 0.6 is 0 Å². The lowest BCUT2D eigenvalue weighted by atomic mass is 9.94. The van der Waals surface area contributed by atoms with Gasteiger partial charge >= 0.3 is 5.97 Å². The van der Waals surface area contributed by atoms with Crippen molar-refractivity contribution in [2.75, 3.05) is 0 Å². The van der Waals surface area contributed by atoms with Crippen LogP contribution < -0.4 is 0 Å². The molecule has 19 heavy (non-hydrogen) atoms. The highest BCUT2D eigenvalue weighted by molar-refractivity contribution is 5.88. The molecule has 2 rings (SSSR count). The van der Waals surface area contributed by atoms with Gasteiger partial charge in [0.2, 0.25) is 0 Å². The fourth-order valence-electron chi connectivity index (χ4n) is 2.21. The number of aromatic carboxylic acids is 1. The van der Waals surface area contributed by atoms with E-state index in [1.54, 1.807) is 24.3 Å². The molecule has 0 fully saturated rings. The molecule has 0 aromatic heterocycles. The van der Waals surface area contributed by atoms with Gasteiger partial charge in [-0.3, -0.25) is 0 Å². The maximum atomic E-state index is 11.0. The van der Waals surface area contributed by atoms with Crippen LogP contribution in [0.15, 0.2) is 36.4 Å². The first kappa shape index (κ1) is 13.1. The predicted octanol–water partition coefficient (Wildman–Crippen LogP) is 3.30. The lowest BCUT2D eigenvalue weighted by molar-refractivity contribution is 0.0696. The molecule has 0 aliphatic heterocycles. The van der Waals surface area contributed by atoms with Gasteiger partial charge in [0.05, 0.1) is 5.56 Å². The Balaban J connectivity index is 2.35. The molecule has 3 heteroatoms. The van der Waals surface area contributed by atoms with E-state index >= 15 is 0 Å². The van der Waals surface area contributed by atoms with E-state index in [1.807, 2.05) is 26.0 Å². The molecule has 2 N–H and O–H groups in total. The highest BCUT2D eigenvalue weighted by Gasteiger charge is 2.10. The van der Waals surface area contributed by atoms with E-state index in [2.05, 4.69) is 0 Å². The van der Waals surface area contributed by atoms with E-state index in [-0.39, 0.29) is 5.75 Å². The Morgan fingerprint density at radius 1 is 1.05 bits per heavy atom. The first-order valence-electron chi connectivity index (χ1n) is 6.08. The highest BCUT2D eigenvalue weighted by Crippen LogP contribution is 2.21. The number of rotatable bonds is 3. The summed E-state index contributed by atoms with van der Waals surface area (Å²) in [7, 11) is 0. The SMILES string of the molecule is Cc1cc(C(=O)O)cc(C)c1Cc1ccc(O)cc1. The third-order valence-electron chi connectivity index (χ3n) is 3.26. The van der Waals surface area contributed by atoms with E-state index in [0.29, 0.717) is 5.56 Å². The van der Waals surface area contributed by atoms with E-state index in [9.17, 15) is 9.90 Å². The minimum absolute atomic E-state index is 0.249. The zero-order valence-corrected chi connectivity index (χ0v) is 11.0. The second kappa shape index (κ2) is 5.14. The van der Waals surface area contributed by atoms with Gasteiger partial charge in [-0.25, -0.2) is 4.79 Å².